The number of ether oxygens (including phenoxy) is 3. The minimum Gasteiger partial charge on any atom is -0.450 e. The van der Waals surface area contributed by atoms with Crippen LogP contribution in [0.3, 0.4) is 0 Å². The summed E-state index contributed by atoms with van der Waals surface area (Å²) in [5.74, 6) is 0. The fourth-order valence-electron chi connectivity index (χ4n) is 0.785. The first-order valence-corrected chi connectivity index (χ1v) is 5.12. The van der Waals surface area contributed by atoms with Crippen molar-refractivity contribution in [2.24, 2.45) is 5.73 Å². The third-order valence-electron chi connectivity index (χ3n) is 1.58. The Balaban J connectivity index is 0. The number of carbonyl (C=O) groups is 2. The second-order valence-electron chi connectivity index (χ2n) is 2.89. The molecule has 0 radical (unpaired) electrons. The van der Waals surface area contributed by atoms with Gasteiger partial charge in [-0.1, -0.05) is 26.2 Å². The van der Waals surface area contributed by atoms with Crippen LogP contribution in [0.5, 0.6) is 0 Å². The molecule has 0 saturated heterocycles. The van der Waals surface area contributed by atoms with Crippen molar-refractivity contribution in [1.29, 1.82) is 0 Å². The molecule has 0 unspecified atom stereocenters. The van der Waals surface area contributed by atoms with Crippen LogP contribution in [0, 0.1) is 0 Å². The zero-order valence-corrected chi connectivity index (χ0v) is 10.2. The summed E-state index contributed by atoms with van der Waals surface area (Å²) in [5, 5.41) is 0. The maximum absolute atomic E-state index is 10.0. The molecule has 0 aromatic carbocycles. The average molecular weight is 235 g/mol. The highest BCUT2D eigenvalue weighted by Crippen LogP contribution is 1.98. The minimum atomic E-state index is -0.670. The zero-order chi connectivity index (χ0) is 12.8. The van der Waals surface area contributed by atoms with Crippen LogP contribution in [0.4, 0.5) is 9.59 Å². The topological polar surface area (TPSA) is 87.9 Å². The number of carbonyl (C=O) groups excluding carboxylic acids is 2. The van der Waals surface area contributed by atoms with E-state index in [0.29, 0.717) is 6.61 Å². The Morgan fingerprint density at radius 3 is 1.94 bits per heavy atom. The van der Waals surface area contributed by atoms with Gasteiger partial charge in [-0.05, 0) is 6.42 Å². The molecule has 1 amide bonds. The number of hydrogen-bond donors (Lipinski definition) is 1. The molecular weight excluding hydrogens is 214 g/mol. The van der Waals surface area contributed by atoms with E-state index in [1.165, 1.54) is 27.1 Å². The summed E-state index contributed by atoms with van der Waals surface area (Å²) >= 11 is 0. The van der Waals surface area contributed by atoms with E-state index in [-0.39, 0.29) is 0 Å². The number of methoxy groups -OCH3 is 2. The molecule has 16 heavy (non-hydrogen) atoms. The van der Waals surface area contributed by atoms with Crippen molar-refractivity contribution in [1.82, 2.24) is 0 Å². The van der Waals surface area contributed by atoms with Gasteiger partial charge in [0.1, 0.15) is 0 Å². The van der Waals surface area contributed by atoms with Crippen molar-refractivity contribution in [2.45, 2.75) is 32.6 Å². The minimum absolute atomic E-state index is 0.468. The lowest BCUT2D eigenvalue weighted by Gasteiger charge is -1.99. The average Bonchev–Trinajstić information content (AvgIpc) is 2.28. The molecule has 0 aromatic heterocycles. The number of amides is 1. The van der Waals surface area contributed by atoms with Gasteiger partial charge >= 0.3 is 12.2 Å². The maximum atomic E-state index is 10.0. The lowest BCUT2D eigenvalue weighted by Crippen LogP contribution is -2.13. The van der Waals surface area contributed by atoms with Gasteiger partial charge in [0.15, 0.2) is 0 Å². The zero-order valence-electron chi connectivity index (χ0n) is 10.2. The highest BCUT2D eigenvalue weighted by molar-refractivity contribution is 5.64. The number of hydrogen-bond acceptors (Lipinski definition) is 5. The van der Waals surface area contributed by atoms with Crippen LogP contribution in [-0.2, 0) is 14.2 Å². The van der Waals surface area contributed by atoms with Crippen LogP contribution in [0.1, 0.15) is 32.6 Å². The highest BCUT2D eigenvalue weighted by atomic mass is 16.7. The Bertz CT molecular complexity index is 178. The molecule has 6 heteroatoms. The van der Waals surface area contributed by atoms with E-state index in [4.69, 9.17) is 5.73 Å². The quantitative estimate of drug-likeness (QED) is 0.582. The Labute approximate surface area is 96.0 Å². The molecule has 0 fully saturated rings. The van der Waals surface area contributed by atoms with Crippen LogP contribution in [0.25, 0.3) is 0 Å². The predicted octanol–water partition coefficient (Wildman–Crippen LogP) is 2.06. The van der Waals surface area contributed by atoms with Crippen molar-refractivity contribution in [3.63, 3.8) is 0 Å². The fraction of sp³-hybridized carbons (Fsp3) is 0.800. The van der Waals surface area contributed by atoms with E-state index in [9.17, 15) is 9.59 Å². The fourth-order valence-corrected chi connectivity index (χ4v) is 0.785. The molecule has 0 heterocycles. The normalized spacial score (nSPS) is 8.44. The van der Waals surface area contributed by atoms with Gasteiger partial charge in [0.05, 0.1) is 20.8 Å². The SMILES string of the molecule is CCCCCCOC(N)=O.COC(=O)OC. The Kier molecular flexibility index (Phi) is 14.3. The van der Waals surface area contributed by atoms with E-state index in [0.717, 1.165) is 12.8 Å². The van der Waals surface area contributed by atoms with Gasteiger partial charge in [-0.2, -0.15) is 0 Å². The van der Waals surface area contributed by atoms with Gasteiger partial charge in [0.25, 0.3) is 0 Å². The van der Waals surface area contributed by atoms with Crippen LogP contribution < -0.4 is 5.73 Å². The summed E-state index contributed by atoms with van der Waals surface area (Å²) < 4.78 is 12.6. The molecule has 0 aliphatic heterocycles. The number of unbranched alkanes of at least 4 members (excludes halogenated alkanes) is 3. The third kappa shape index (κ3) is 18.3. The lowest BCUT2D eigenvalue weighted by atomic mass is 10.2. The molecule has 0 bridgehead atoms. The highest BCUT2D eigenvalue weighted by Gasteiger charge is 1.91. The van der Waals surface area contributed by atoms with Gasteiger partial charge in [0.2, 0.25) is 0 Å². The lowest BCUT2D eigenvalue weighted by molar-refractivity contribution is 0.0924. The smallest absolute Gasteiger partial charge is 0.450 e. The second kappa shape index (κ2) is 13.5. The summed E-state index contributed by atoms with van der Waals surface area (Å²) in [5.41, 5.74) is 4.75. The molecule has 0 saturated carbocycles. The predicted molar refractivity (Wildman–Crippen MR) is 59.1 cm³/mol. The largest absolute Gasteiger partial charge is 0.507 e. The Morgan fingerprint density at radius 1 is 1.06 bits per heavy atom. The molecule has 0 aromatic rings. The summed E-state index contributed by atoms with van der Waals surface area (Å²) in [6, 6.07) is 0. The van der Waals surface area contributed by atoms with Crippen molar-refractivity contribution < 1.29 is 23.8 Å². The maximum Gasteiger partial charge on any atom is 0.507 e. The van der Waals surface area contributed by atoms with E-state index >= 15 is 0 Å². The van der Waals surface area contributed by atoms with E-state index in [1.54, 1.807) is 0 Å². The summed E-state index contributed by atoms with van der Waals surface area (Å²) in [6.07, 6.45) is 3.10. The van der Waals surface area contributed by atoms with Crippen LogP contribution in [-0.4, -0.2) is 33.1 Å². The van der Waals surface area contributed by atoms with Gasteiger partial charge in [-0.3, -0.25) is 0 Å². The number of primary amides is 1. The van der Waals surface area contributed by atoms with Crippen LogP contribution in [0.15, 0.2) is 0 Å². The van der Waals surface area contributed by atoms with Crippen LogP contribution >= 0.6 is 0 Å². The molecule has 96 valence electrons. The summed E-state index contributed by atoms with van der Waals surface area (Å²) in [6.45, 7) is 2.60. The van der Waals surface area contributed by atoms with Crippen molar-refractivity contribution >= 4 is 12.2 Å². The third-order valence-corrected chi connectivity index (χ3v) is 1.58. The van der Waals surface area contributed by atoms with E-state index < -0.39 is 12.2 Å². The molecule has 0 spiro atoms. The summed E-state index contributed by atoms with van der Waals surface area (Å²) in [7, 11) is 2.51. The van der Waals surface area contributed by atoms with Gasteiger partial charge in [0, 0.05) is 0 Å². The van der Waals surface area contributed by atoms with Crippen molar-refractivity contribution in [3.8, 4) is 0 Å². The Hall–Kier alpha value is -1.46. The first kappa shape index (κ1) is 17.0. The standard InChI is InChI=1S/C7H15NO2.C3H6O3/c1-2-3-4-5-6-10-7(8)9;1-5-3(4)6-2/h2-6H2,1H3,(H2,8,9);1-2H3. The molecule has 0 atom stereocenters. The monoisotopic (exact) mass is 235 g/mol. The second-order valence-corrected chi connectivity index (χ2v) is 2.89. The van der Waals surface area contributed by atoms with Gasteiger partial charge in [-0.15, -0.1) is 0 Å². The summed E-state index contributed by atoms with van der Waals surface area (Å²) in [4.78, 5) is 19.8. The van der Waals surface area contributed by atoms with E-state index in [1.807, 2.05) is 0 Å². The number of rotatable bonds is 5. The van der Waals surface area contributed by atoms with Crippen molar-refractivity contribution in [2.75, 3.05) is 20.8 Å². The van der Waals surface area contributed by atoms with Gasteiger partial charge in [-0.25, -0.2) is 9.59 Å². The first-order valence-electron chi connectivity index (χ1n) is 5.12. The molecular formula is C10H21NO5. The molecule has 2 N–H and O–H groups in total. The van der Waals surface area contributed by atoms with Crippen LogP contribution in [0.2, 0.25) is 0 Å². The van der Waals surface area contributed by atoms with Crippen molar-refractivity contribution in [3.05, 3.63) is 0 Å². The number of nitrogens with two attached hydrogens (primary N) is 1. The Morgan fingerprint density at radius 2 is 1.62 bits per heavy atom. The molecule has 0 rings (SSSR count). The van der Waals surface area contributed by atoms with E-state index in [2.05, 4.69) is 21.1 Å². The molecule has 0 aliphatic rings. The first-order chi connectivity index (χ1) is 7.58. The molecule has 0 aliphatic carbocycles. The van der Waals surface area contributed by atoms with Gasteiger partial charge < -0.3 is 19.9 Å². The molecule has 6 nitrogen and oxygen atoms in total.